The number of amides is 2. The van der Waals surface area contributed by atoms with E-state index >= 15 is 0 Å². The number of hydrogen-bond acceptors (Lipinski definition) is 6. The molecule has 2 aromatic carbocycles. The zero-order valence-electron chi connectivity index (χ0n) is 18.1. The molecular formula is C24H22FN3O5. The number of aromatic nitrogens is 1. The Hall–Kier alpha value is -4.01. The second-order valence-corrected chi connectivity index (χ2v) is 8.05. The molecule has 0 radical (unpaired) electrons. The fourth-order valence-corrected chi connectivity index (χ4v) is 3.56. The van der Waals surface area contributed by atoms with E-state index in [0.29, 0.717) is 28.6 Å². The van der Waals surface area contributed by atoms with Crippen molar-refractivity contribution in [2.45, 2.75) is 32.2 Å². The number of carbonyl (C=O) groups is 3. The molecule has 4 rings (SSSR count). The van der Waals surface area contributed by atoms with Crippen molar-refractivity contribution in [1.29, 1.82) is 0 Å². The number of rotatable bonds is 6. The Labute approximate surface area is 189 Å². The molecule has 8 nitrogen and oxygen atoms in total. The summed E-state index contributed by atoms with van der Waals surface area (Å²) in [6.45, 7) is 2.74. The van der Waals surface area contributed by atoms with E-state index < -0.39 is 24.0 Å². The van der Waals surface area contributed by atoms with Crippen LogP contribution in [0.25, 0.3) is 11.3 Å². The number of benzene rings is 2. The van der Waals surface area contributed by atoms with Crippen LogP contribution in [0.1, 0.15) is 26.2 Å². The van der Waals surface area contributed by atoms with Gasteiger partial charge in [-0.3, -0.25) is 19.3 Å². The van der Waals surface area contributed by atoms with Gasteiger partial charge >= 0.3 is 5.97 Å². The lowest BCUT2D eigenvalue weighted by atomic mass is 9.96. The van der Waals surface area contributed by atoms with Gasteiger partial charge in [-0.05, 0) is 50.2 Å². The van der Waals surface area contributed by atoms with Gasteiger partial charge in [0.25, 0.3) is 5.91 Å². The van der Waals surface area contributed by atoms with Crippen LogP contribution >= 0.6 is 0 Å². The number of ether oxygens (including phenoxy) is 1. The lowest BCUT2D eigenvalue weighted by Crippen LogP contribution is -2.59. The van der Waals surface area contributed by atoms with Gasteiger partial charge in [0.15, 0.2) is 18.3 Å². The molecule has 2 heterocycles. The van der Waals surface area contributed by atoms with Crippen LogP contribution in [0.4, 0.5) is 15.8 Å². The first-order valence-electron chi connectivity index (χ1n) is 10.4. The van der Waals surface area contributed by atoms with Crippen molar-refractivity contribution < 1.29 is 27.9 Å². The van der Waals surface area contributed by atoms with Gasteiger partial charge in [0, 0.05) is 12.0 Å². The first kappa shape index (κ1) is 22.2. The molecular weight excluding hydrogens is 429 g/mol. The summed E-state index contributed by atoms with van der Waals surface area (Å²) in [5.41, 5.74) is 0.572. The summed E-state index contributed by atoms with van der Waals surface area (Å²) in [6.07, 6.45) is 1.63. The molecule has 0 atom stereocenters. The lowest BCUT2D eigenvalue weighted by molar-refractivity contribution is -0.148. The summed E-state index contributed by atoms with van der Waals surface area (Å²) in [5, 5.41) is 2.78. The minimum Gasteiger partial charge on any atom is -0.456 e. The quantitative estimate of drug-likeness (QED) is 0.573. The largest absolute Gasteiger partial charge is 0.456 e. The minimum atomic E-state index is -1.15. The number of fused-ring (bicyclic) bond motifs is 1. The molecule has 0 saturated heterocycles. The predicted molar refractivity (Wildman–Crippen MR) is 118 cm³/mol. The van der Waals surface area contributed by atoms with Crippen molar-refractivity contribution in [3.8, 4) is 11.3 Å². The molecule has 9 heteroatoms. The zero-order chi connectivity index (χ0) is 23.6. The third kappa shape index (κ3) is 4.62. The molecule has 0 bridgehead atoms. The van der Waals surface area contributed by atoms with Crippen LogP contribution < -0.4 is 10.2 Å². The number of nitrogens with one attached hydrogen (secondary N) is 1. The number of nitrogens with zero attached hydrogens (tertiary/aromatic N) is 2. The molecule has 0 spiro atoms. The first-order chi connectivity index (χ1) is 15.8. The van der Waals surface area contributed by atoms with Crippen molar-refractivity contribution in [2.24, 2.45) is 0 Å². The van der Waals surface area contributed by atoms with Crippen LogP contribution in [-0.4, -0.2) is 34.9 Å². The molecule has 0 fully saturated rings. The Bertz CT molecular complexity index is 1200. The third-order valence-corrected chi connectivity index (χ3v) is 5.34. The van der Waals surface area contributed by atoms with Gasteiger partial charge in [0.1, 0.15) is 11.4 Å². The first-order valence-corrected chi connectivity index (χ1v) is 10.4. The van der Waals surface area contributed by atoms with Crippen molar-refractivity contribution in [2.75, 3.05) is 16.8 Å². The van der Waals surface area contributed by atoms with Crippen molar-refractivity contribution in [3.05, 3.63) is 66.4 Å². The van der Waals surface area contributed by atoms with Gasteiger partial charge in [0.05, 0.1) is 24.0 Å². The number of esters is 1. The summed E-state index contributed by atoms with van der Waals surface area (Å²) in [7, 11) is 0. The number of hydrogen-bond donors (Lipinski definition) is 1. The Morgan fingerprint density at radius 1 is 1.15 bits per heavy atom. The van der Waals surface area contributed by atoms with Gasteiger partial charge < -0.3 is 14.5 Å². The van der Waals surface area contributed by atoms with Crippen molar-refractivity contribution in [1.82, 2.24) is 4.98 Å². The van der Waals surface area contributed by atoms with E-state index in [9.17, 15) is 18.8 Å². The Kier molecular flexibility index (Phi) is 5.95. The Morgan fingerprint density at radius 2 is 1.88 bits per heavy atom. The summed E-state index contributed by atoms with van der Waals surface area (Å²) in [4.78, 5) is 43.0. The van der Waals surface area contributed by atoms with E-state index in [2.05, 4.69) is 10.3 Å². The minimum absolute atomic E-state index is 0.0445. The summed E-state index contributed by atoms with van der Waals surface area (Å²) >= 11 is 0. The number of halogens is 1. The second kappa shape index (κ2) is 8.85. The molecule has 1 aliphatic heterocycles. The molecule has 2 amide bonds. The molecule has 33 heavy (non-hydrogen) atoms. The number of aryl methyl sites for hydroxylation is 1. The predicted octanol–water partition coefficient (Wildman–Crippen LogP) is 3.72. The Balaban J connectivity index is 1.34. The summed E-state index contributed by atoms with van der Waals surface area (Å²) in [5.74, 6) is -1.02. The zero-order valence-corrected chi connectivity index (χ0v) is 18.1. The fourth-order valence-electron chi connectivity index (χ4n) is 3.56. The van der Waals surface area contributed by atoms with Crippen molar-refractivity contribution >= 4 is 29.2 Å². The molecule has 1 aliphatic rings. The van der Waals surface area contributed by atoms with E-state index in [-0.39, 0.29) is 24.6 Å². The maximum atomic E-state index is 13.1. The maximum absolute atomic E-state index is 13.1. The molecule has 170 valence electrons. The standard InChI is InChI=1S/C24H22FN3O5/c1-24(2)23(31)27-17-5-3-4-6-18(17)28(24)21(29)14-32-22(30)12-11-20-26-13-19(33-20)15-7-9-16(25)10-8-15/h3-10,13H,11-12,14H2,1-2H3,(H,27,31). The van der Waals surface area contributed by atoms with E-state index in [1.54, 1.807) is 50.2 Å². The fraction of sp³-hybridized carbons (Fsp3) is 0.250. The highest BCUT2D eigenvalue weighted by Crippen LogP contribution is 2.36. The topological polar surface area (TPSA) is 102 Å². The van der Waals surface area contributed by atoms with Crippen LogP contribution in [0.2, 0.25) is 0 Å². The number of carbonyl (C=O) groups excluding carboxylic acids is 3. The SMILES string of the molecule is CC1(C)C(=O)Nc2ccccc2N1C(=O)COC(=O)CCc1ncc(-c2ccc(F)cc2)o1. The Morgan fingerprint density at radius 3 is 2.64 bits per heavy atom. The third-order valence-electron chi connectivity index (χ3n) is 5.34. The average Bonchev–Trinajstić information content (AvgIpc) is 3.26. The molecule has 0 aliphatic carbocycles. The highest BCUT2D eigenvalue weighted by atomic mass is 19.1. The molecule has 0 saturated carbocycles. The maximum Gasteiger partial charge on any atom is 0.306 e. The molecule has 1 N–H and O–H groups in total. The van der Waals surface area contributed by atoms with Gasteiger partial charge in [0.2, 0.25) is 5.91 Å². The normalized spacial score (nSPS) is 14.4. The van der Waals surface area contributed by atoms with Crippen LogP contribution in [-0.2, 0) is 25.5 Å². The van der Waals surface area contributed by atoms with Crippen LogP contribution in [0.15, 0.2) is 59.1 Å². The van der Waals surface area contributed by atoms with Gasteiger partial charge in [-0.15, -0.1) is 0 Å². The number of anilines is 2. The average molecular weight is 451 g/mol. The number of para-hydroxylation sites is 2. The molecule has 0 unspecified atom stereocenters. The van der Waals surface area contributed by atoms with Crippen LogP contribution in [0.3, 0.4) is 0 Å². The smallest absolute Gasteiger partial charge is 0.306 e. The van der Waals surface area contributed by atoms with E-state index in [0.717, 1.165) is 0 Å². The second-order valence-electron chi connectivity index (χ2n) is 8.05. The number of oxazole rings is 1. The highest BCUT2D eigenvalue weighted by molar-refractivity contribution is 6.14. The highest BCUT2D eigenvalue weighted by Gasteiger charge is 2.43. The van der Waals surface area contributed by atoms with Gasteiger partial charge in [-0.2, -0.15) is 0 Å². The molecule has 3 aromatic rings. The lowest BCUT2D eigenvalue weighted by Gasteiger charge is -2.41. The van der Waals surface area contributed by atoms with E-state index in [1.165, 1.54) is 23.2 Å². The van der Waals surface area contributed by atoms with Crippen LogP contribution in [0.5, 0.6) is 0 Å². The van der Waals surface area contributed by atoms with Gasteiger partial charge in [-0.25, -0.2) is 9.37 Å². The van der Waals surface area contributed by atoms with Crippen molar-refractivity contribution in [3.63, 3.8) is 0 Å². The van der Waals surface area contributed by atoms with E-state index in [4.69, 9.17) is 9.15 Å². The summed E-state index contributed by atoms with van der Waals surface area (Å²) < 4.78 is 23.8. The monoisotopic (exact) mass is 451 g/mol. The summed E-state index contributed by atoms with van der Waals surface area (Å²) in [6, 6.07) is 12.7. The van der Waals surface area contributed by atoms with E-state index in [1.807, 2.05) is 0 Å². The van der Waals surface area contributed by atoms with Gasteiger partial charge in [-0.1, -0.05) is 12.1 Å². The van der Waals surface area contributed by atoms with Crippen LogP contribution in [0, 0.1) is 5.82 Å². The molecule has 1 aromatic heterocycles.